The van der Waals surface area contributed by atoms with Crippen LogP contribution in [0.3, 0.4) is 0 Å². The molecule has 0 radical (unpaired) electrons. The number of ether oxygens (including phenoxy) is 3. The molecule has 9 nitrogen and oxygen atoms in total. The van der Waals surface area contributed by atoms with E-state index in [9.17, 15) is 22.9 Å². The molecule has 0 saturated carbocycles. The summed E-state index contributed by atoms with van der Waals surface area (Å²) < 4.78 is 54.0. The molecule has 0 aromatic heterocycles. The lowest BCUT2D eigenvalue weighted by molar-refractivity contribution is -0.338. The number of hydrogen-bond donors (Lipinski definition) is 0. The average Bonchev–Trinajstić information content (AvgIpc) is 2.57. The van der Waals surface area contributed by atoms with E-state index in [1.165, 1.54) is 0 Å². The Hall–Kier alpha value is -0.780. The molecule has 27 heavy (non-hydrogen) atoms. The maximum Gasteiger partial charge on any atom is 0.217 e. The highest BCUT2D eigenvalue weighted by Crippen LogP contribution is 2.38. The number of aliphatic carboxylic acids is 1. The zero-order chi connectivity index (χ0) is 20.5. The van der Waals surface area contributed by atoms with Crippen LogP contribution < -0.4 is 5.11 Å². The minimum absolute atomic E-state index is 0.0605. The van der Waals surface area contributed by atoms with Crippen molar-refractivity contribution in [2.75, 3.05) is 13.2 Å². The Balaban J connectivity index is 2.15. The highest BCUT2D eigenvalue weighted by molar-refractivity contribution is 7.80. The first kappa shape index (κ1) is 22.5. The van der Waals surface area contributed by atoms with Gasteiger partial charge in [-0.15, -0.1) is 0 Å². The molecule has 7 unspecified atom stereocenters. The first-order valence-electron chi connectivity index (χ1n) is 9.16. The monoisotopic (exact) mass is 408 g/mol. The second-order valence-corrected chi connectivity index (χ2v) is 8.88. The number of carboxylic acids is 1. The third-order valence-electron chi connectivity index (χ3n) is 6.14. The van der Waals surface area contributed by atoms with Crippen molar-refractivity contribution in [1.29, 1.82) is 0 Å². The van der Waals surface area contributed by atoms with Crippen molar-refractivity contribution in [2.45, 2.75) is 59.2 Å². The fourth-order valence-electron chi connectivity index (χ4n) is 3.64. The number of carbonyl (C=O) groups is 1. The van der Waals surface area contributed by atoms with Gasteiger partial charge in [0.15, 0.2) is 6.29 Å². The number of carbonyl (C=O) groups excluding carboxylic acids is 1. The van der Waals surface area contributed by atoms with E-state index in [0.29, 0.717) is 6.61 Å². The molecule has 0 N–H and O–H groups in total. The van der Waals surface area contributed by atoms with Gasteiger partial charge in [0.2, 0.25) is 10.4 Å². The summed E-state index contributed by atoms with van der Waals surface area (Å²) in [5, 5.41) is 11.5. The van der Waals surface area contributed by atoms with E-state index in [1.54, 1.807) is 0 Å². The molecule has 2 heterocycles. The van der Waals surface area contributed by atoms with Crippen LogP contribution in [0.4, 0.5) is 0 Å². The maximum absolute atomic E-state index is 11.5. The molecular formula is C17H28O9S-2. The Labute approximate surface area is 160 Å². The van der Waals surface area contributed by atoms with Gasteiger partial charge >= 0.3 is 0 Å². The summed E-state index contributed by atoms with van der Waals surface area (Å²) in [6, 6.07) is 0. The minimum Gasteiger partial charge on any atom is -0.726 e. The van der Waals surface area contributed by atoms with Crippen molar-refractivity contribution in [2.24, 2.45) is 29.6 Å². The van der Waals surface area contributed by atoms with E-state index in [2.05, 4.69) is 4.18 Å². The molecule has 2 aliphatic rings. The van der Waals surface area contributed by atoms with Crippen LogP contribution >= 0.6 is 0 Å². The lowest BCUT2D eigenvalue weighted by Crippen LogP contribution is -2.57. The van der Waals surface area contributed by atoms with Crippen LogP contribution in [0.1, 0.15) is 34.6 Å². The predicted octanol–water partition coefficient (Wildman–Crippen LogP) is -0.0975. The van der Waals surface area contributed by atoms with Crippen LogP contribution in [0.2, 0.25) is 0 Å². The van der Waals surface area contributed by atoms with Crippen LogP contribution in [-0.2, 0) is 33.6 Å². The summed E-state index contributed by atoms with van der Waals surface area (Å²) in [6.45, 7) is 9.47. The summed E-state index contributed by atoms with van der Waals surface area (Å²) >= 11 is 0. The molecule has 2 aliphatic heterocycles. The topological polar surface area (TPSA) is 134 Å². The third kappa shape index (κ3) is 5.39. The molecular weight excluding hydrogens is 380 g/mol. The molecule has 0 aromatic carbocycles. The molecule has 2 rings (SSSR count). The molecule has 0 bridgehead atoms. The summed E-state index contributed by atoms with van der Waals surface area (Å²) in [4.78, 5) is 11.5. The van der Waals surface area contributed by atoms with Gasteiger partial charge in [0, 0.05) is 5.92 Å². The molecule has 0 aromatic rings. The SMILES string of the molecule is CC1COC(C(=O)[O-])[C@H](OC2OC(COS(=O)(=O)[O-])[C@H](C)C(C)C2C)C1C. The van der Waals surface area contributed by atoms with Crippen molar-refractivity contribution < 1.29 is 41.3 Å². The van der Waals surface area contributed by atoms with Crippen molar-refractivity contribution >= 4 is 16.4 Å². The number of hydrogen-bond acceptors (Lipinski definition) is 9. The van der Waals surface area contributed by atoms with Crippen LogP contribution in [0.25, 0.3) is 0 Å². The Morgan fingerprint density at radius 3 is 2.26 bits per heavy atom. The van der Waals surface area contributed by atoms with Gasteiger partial charge in [-0.25, -0.2) is 8.42 Å². The summed E-state index contributed by atoms with van der Waals surface area (Å²) in [6.07, 6.45) is -3.44. The third-order valence-corrected chi connectivity index (χ3v) is 6.56. The quantitative estimate of drug-likeness (QED) is 0.436. The van der Waals surface area contributed by atoms with Crippen LogP contribution in [-0.4, -0.2) is 56.8 Å². The average molecular weight is 408 g/mol. The lowest BCUT2D eigenvalue weighted by atomic mass is 9.79. The first-order chi connectivity index (χ1) is 12.4. The normalized spacial score (nSPS) is 43.4. The van der Waals surface area contributed by atoms with Crippen molar-refractivity contribution in [1.82, 2.24) is 0 Å². The second kappa shape index (κ2) is 8.71. The molecule has 9 atom stereocenters. The van der Waals surface area contributed by atoms with E-state index in [1.807, 2.05) is 34.6 Å². The molecule has 2 fully saturated rings. The van der Waals surface area contributed by atoms with Crippen molar-refractivity contribution in [3.63, 3.8) is 0 Å². The fourth-order valence-corrected chi connectivity index (χ4v) is 3.94. The Morgan fingerprint density at radius 1 is 1.07 bits per heavy atom. The molecule has 2 saturated heterocycles. The number of carboxylic acid groups (broad SMARTS) is 1. The molecule has 0 amide bonds. The zero-order valence-corrected chi connectivity index (χ0v) is 17.0. The van der Waals surface area contributed by atoms with Crippen molar-refractivity contribution in [3.8, 4) is 0 Å². The highest BCUT2D eigenvalue weighted by Gasteiger charge is 2.45. The van der Waals surface area contributed by atoms with Gasteiger partial charge in [-0.3, -0.25) is 4.18 Å². The Bertz CT molecular complexity index is 622. The van der Waals surface area contributed by atoms with E-state index in [0.717, 1.165) is 0 Å². The first-order valence-corrected chi connectivity index (χ1v) is 10.5. The van der Waals surface area contributed by atoms with Gasteiger partial charge in [-0.05, 0) is 23.7 Å². The van der Waals surface area contributed by atoms with Gasteiger partial charge in [0.05, 0.1) is 31.4 Å². The smallest absolute Gasteiger partial charge is 0.217 e. The fraction of sp³-hybridized carbons (Fsp3) is 0.941. The van der Waals surface area contributed by atoms with Gasteiger partial charge in [-0.1, -0.05) is 34.6 Å². The van der Waals surface area contributed by atoms with E-state index in [4.69, 9.17) is 14.2 Å². The van der Waals surface area contributed by atoms with Crippen LogP contribution in [0.5, 0.6) is 0 Å². The van der Waals surface area contributed by atoms with Crippen molar-refractivity contribution in [3.05, 3.63) is 0 Å². The molecule has 0 aliphatic carbocycles. The molecule has 0 spiro atoms. The summed E-state index contributed by atoms with van der Waals surface area (Å²) in [5.41, 5.74) is 0. The van der Waals surface area contributed by atoms with Gasteiger partial charge < -0.3 is 28.7 Å². The Morgan fingerprint density at radius 2 is 1.70 bits per heavy atom. The van der Waals surface area contributed by atoms with E-state index < -0.39 is 47.6 Å². The van der Waals surface area contributed by atoms with Gasteiger partial charge in [-0.2, -0.15) is 0 Å². The lowest BCUT2D eigenvalue weighted by Gasteiger charge is -2.47. The second-order valence-electron chi connectivity index (χ2n) is 7.82. The van der Waals surface area contributed by atoms with E-state index in [-0.39, 0.29) is 29.6 Å². The maximum atomic E-state index is 11.5. The summed E-state index contributed by atoms with van der Waals surface area (Å²) in [5.74, 6) is -1.48. The Kier molecular flexibility index (Phi) is 7.26. The largest absolute Gasteiger partial charge is 0.726 e. The van der Waals surface area contributed by atoms with Crippen LogP contribution in [0.15, 0.2) is 0 Å². The standard InChI is InChI=1S/C17H30O9S/c1-8-6-23-15(16(18)19)14(9(8)2)26-17-12(5)10(3)11(4)13(25-17)7-24-27(20,21)22/h8-15,17H,6-7H2,1-5H3,(H,18,19)(H,20,21,22)/p-2/t8?,9?,10?,11-,12?,13?,14-,15?,17?/m1/s1. The number of rotatable bonds is 6. The van der Waals surface area contributed by atoms with Gasteiger partial charge in [0.25, 0.3) is 0 Å². The predicted molar refractivity (Wildman–Crippen MR) is 89.8 cm³/mol. The highest BCUT2D eigenvalue weighted by atomic mass is 32.3. The van der Waals surface area contributed by atoms with Crippen LogP contribution in [0, 0.1) is 29.6 Å². The minimum atomic E-state index is -4.84. The summed E-state index contributed by atoms with van der Waals surface area (Å²) in [7, 11) is -4.84. The van der Waals surface area contributed by atoms with Gasteiger partial charge in [0.1, 0.15) is 6.10 Å². The molecule has 158 valence electrons. The van der Waals surface area contributed by atoms with E-state index >= 15 is 0 Å². The zero-order valence-electron chi connectivity index (χ0n) is 16.2. The molecule has 10 heteroatoms.